The average Bonchev–Trinajstić information content (AvgIpc) is 2.67. The smallest absolute Gasteiger partial charge is 0.151 e. The van der Waals surface area contributed by atoms with Crippen LogP contribution < -0.4 is 11.1 Å². The van der Waals surface area contributed by atoms with E-state index in [-0.39, 0.29) is 11.4 Å². The van der Waals surface area contributed by atoms with Gasteiger partial charge < -0.3 is 11.1 Å². The molecule has 0 bridgehead atoms. The molecule has 0 saturated heterocycles. The lowest BCUT2D eigenvalue weighted by Crippen LogP contribution is -2.03. The molecule has 90 valence electrons. The van der Waals surface area contributed by atoms with Gasteiger partial charge in [-0.05, 0) is 25.1 Å². The Morgan fingerprint density at radius 3 is 2.71 bits per heavy atom. The van der Waals surface area contributed by atoms with Crippen LogP contribution in [-0.2, 0) is 6.54 Å². The molecule has 2 rings (SSSR count). The molecule has 0 spiro atoms. The summed E-state index contributed by atoms with van der Waals surface area (Å²) < 4.78 is 26.2. The Morgan fingerprint density at radius 2 is 2.06 bits per heavy atom. The maximum absolute atomic E-state index is 13.2. The third-order valence-corrected chi connectivity index (χ3v) is 3.34. The van der Waals surface area contributed by atoms with Crippen LogP contribution in [0.4, 0.5) is 20.2 Å². The molecule has 2 aromatic rings. The molecule has 1 aromatic heterocycles. The molecule has 2 nitrogen and oxygen atoms in total. The number of nitrogens with two attached hydrogens (primary N) is 1. The lowest BCUT2D eigenvalue weighted by atomic mass is 10.2. The summed E-state index contributed by atoms with van der Waals surface area (Å²) in [7, 11) is 0. The van der Waals surface area contributed by atoms with Gasteiger partial charge in [0, 0.05) is 22.4 Å². The number of thiophene rings is 1. The molecule has 17 heavy (non-hydrogen) atoms. The Morgan fingerprint density at radius 1 is 1.29 bits per heavy atom. The van der Waals surface area contributed by atoms with Gasteiger partial charge >= 0.3 is 0 Å². The zero-order valence-corrected chi connectivity index (χ0v) is 10.1. The van der Waals surface area contributed by atoms with E-state index in [0.717, 1.165) is 10.9 Å². The van der Waals surface area contributed by atoms with Gasteiger partial charge in [0.25, 0.3) is 0 Å². The van der Waals surface area contributed by atoms with Gasteiger partial charge in [0.1, 0.15) is 5.82 Å². The second-order valence-corrected chi connectivity index (χ2v) is 5.09. The summed E-state index contributed by atoms with van der Waals surface area (Å²) in [5, 5.41) is 2.93. The van der Waals surface area contributed by atoms with Crippen LogP contribution in [0.15, 0.2) is 24.3 Å². The van der Waals surface area contributed by atoms with Crippen LogP contribution in [0.5, 0.6) is 0 Å². The fraction of sp³-hybridized carbons (Fsp3) is 0.167. The van der Waals surface area contributed by atoms with Crippen molar-refractivity contribution in [3.63, 3.8) is 0 Å². The van der Waals surface area contributed by atoms with Crippen molar-refractivity contribution in [3.8, 4) is 0 Å². The average molecular weight is 254 g/mol. The monoisotopic (exact) mass is 254 g/mol. The molecule has 0 fully saturated rings. The fourth-order valence-electron chi connectivity index (χ4n) is 1.49. The van der Waals surface area contributed by atoms with Crippen molar-refractivity contribution in [2.45, 2.75) is 13.5 Å². The van der Waals surface area contributed by atoms with Crippen molar-refractivity contribution in [2.75, 3.05) is 11.1 Å². The Bertz CT molecular complexity index is 537. The van der Waals surface area contributed by atoms with Gasteiger partial charge in [-0.25, -0.2) is 8.78 Å². The summed E-state index contributed by atoms with van der Waals surface area (Å²) in [6, 6.07) is 5.94. The van der Waals surface area contributed by atoms with Crippen molar-refractivity contribution < 1.29 is 8.78 Å². The molecule has 0 aliphatic heterocycles. The van der Waals surface area contributed by atoms with E-state index in [1.54, 1.807) is 11.3 Å². The highest BCUT2D eigenvalue weighted by atomic mass is 32.1. The highest BCUT2D eigenvalue weighted by molar-refractivity contribution is 7.11. The summed E-state index contributed by atoms with van der Waals surface area (Å²) >= 11 is 1.63. The highest BCUT2D eigenvalue weighted by Gasteiger charge is 2.08. The van der Waals surface area contributed by atoms with Gasteiger partial charge in [0.2, 0.25) is 0 Å². The molecular formula is C12H12F2N2S. The van der Waals surface area contributed by atoms with Crippen LogP contribution in [0.25, 0.3) is 0 Å². The SMILES string of the molecule is Cc1ccc(CNc2cc(F)cc(F)c2N)s1. The molecule has 0 unspecified atom stereocenters. The third kappa shape index (κ3) is 2.74. The minimum atomic E-state index is -0.741. The topological polar surface area (TPSA) is 38.0 Å². The van der Waals surface area contributed by atoms with E-state index < -0.39 is 11.6 Å². The highest BCUT2D eigenvalue weighted by Crippen LogP contribution is 2.25. The van der Waals surface area contributed by atoms with Crippen LogP contribution in [0.1, 0.15) is 9.75 Å². The van der Waals surface area contributed by atoms with Gasteiger partial charge in [-0.2, -0.15) is 0 Å². The first-order chi connectivity index (χ1) is 8.06. The van der Waals surface area contributed by atoms with E-state index >= 15 is 0 Å². The third-order valence-electron chi connectivity index (χ3n) is 2.34. The molecule has 1 heterocycles. The maximum atomic E-state index is 13.2. The first-order valence-corrected chi connectivity index (χ1v) is 5.91. The number of benzene rings is 1. The lowest BCUT2D eigenvalue weighted by molar-refractivity contribution is 0.587. The van der Waals surface area contributed by atoms with Crippen LogP contribution >= 0.6 is 11.3 Å². The van der Waals surface area contributed by atoms with E-state index in [2.05, 4.69) is 5.32 Å². The van der Waals surface area contributed by atoms with E-state index in [1.807, 2.05) is 19.1 Å². The summed E-state index contributed by atoms with van der Waals surface area (Å²) in [4.78, 5) is 2.28. The summed E-state index contributed by atoms with van der Waals surface area (Å²) in [6.45, 7) is 2.51. The number of nitrogen functional groups attached to an aromatic ring is 1. The van der Waals surface area contributed by atoms with Crippen LogP contribution in [0.3, 0.4) is 0 Å². The molecule has 0 radical (unpaired) electrons. The normalized spacial score (nSPS) is 10.5. The van der Waals surface area contributed by atoms with Crippen LogP contribution in [0, 0.1) is 18.6 Å². The zero-order chi connectivity index (χ0) is 12.4. The molecule has 0 aliphatic carbocycles. The molecule has 0 saturated carbocycles. The Labute approximate surface area is 102 Å². The number of nitrogens with one attached hydrogen (secondary N) is 1. The van der Waals surface area contributed by atoms with Crippen LogP contribution in [-0.4, -0.2) is 0 Å². The number of hydrogen-bond donors (Lipinski definition) is 2. The minimum absolute atomic E-state index is 0.0559. The van der Waals surface area contributed by atoms with Gasteiger partial charge in [0.05, 0.1) is 11.4 Å². The summed E-state index contributed by atoms with van der Waals surface area (Å²) in [6.07, 6.45) is 0. The first-order valence-electron chi connectivity index (χ1n) is 5.10. The summed E-state index contributed by atoms with van der Waals surface area (Å²) in [5.41, 5.74) is 5.75. The Hall–Kier alpha value is -1.62. The molecule has 0 atom stereocenters. The predicted octanol–water partition coefficient (Wildman–Crippen LogP) is 3.53. The largest absolute Gasteiger partial charge is 0.395 e. The Kier molecular flexibility index (Phi) is 3.28. The molecular weight excluding hydrogens is 242 g/mol. The number of hydrogen-bond acceptors (Lipinski definition) is 3. The van der Waals surface area contributed by atoms with Gasteiger partial charge in [0.15, 0.2) is 5.82 Å². The number of halogens is 2. The van der Waals surface area contributed by atoms with Crippen molar-refractivity contribution in [1.82, 2.24) is 0 Å². The second kappa shape index (κ2) is 4.71. The van der Waals surface area contributed by atoms with Crippen molar-refractivity contribution in [1.29, 1.82) is 0 Å². The van der Waals surface area contributed by atoms with Gasteiger partial charge in [-0.1, -0.05) is 0 Å². The van der Waals surface area contributed by atoms with Crippen molar-refractivity contribution in [3.05, 3.63) is 45.7 Å². The molecule has 0 amide bonds. The van der Waals surface area contributed by atoms with E-state index in [9.17, 15) is 8.78 Å². The minimum Gasteiger partial charge on any atom is -0.395 e. The lowest BCUT2D eigenvalue weighted by Gasteiger charge is -2.09. The number of aryl methyl sites for hydroxylation is 1. The maximum Gasteiger partial charge on any atom is 0.151 e. The van der Waals surface area contributed by atoms with E-state index in [0.29, 0.717) is 6.54 Å². The molecule has 3 N–H and O–H groups in total. The van der Waals surface area contributed by atoms with Crippen LogP contribution in [0.2, 0.25) is 0 Å². The van der Waals surface area contributed by atoms with Crippen molar-refractivity contribution >= 4 is 22.7 Å². The van der Waals surface area contributed by atoms with Gasteiger partial charge in [-0.3, -0.25) is 0 Å². The van der Waals surface area contributed by atoms with E-state index in [4.69, 9.17) is 5.73 Å². The summed E-state index contributed by atoms with van der Waals surface area (Å²) in [5.74, 6) is -1.38. The van der Waals surface area contributed by atoms with Gasteiger partial charge in [-0.15, -0.1) is 11.3 Å². The molecule has 5 heteroatoms. The van der Waals surface area contributed by atoms with E-state index in [1.165, 1.54) is 10.9 Å². The predicted molar refractivity (Wildman–Crippen MR) is 67.2 cm³/mol. The quantitative estimate of drug-likeness (QED) is 0.822. The molecule has 1 aromatic carbocycles. The van der Waals surface area contributed by atoms with Crippen molar-refractivity contribution in [2.24, 2.45) is 0 Å². The standard InChI is InChI=1S/C12H12F2N2S/c1-7-2-3-9(17-7)6-16-11-5-8(13)4-10(14)12(11)15/h2-5,16H,6,15H2,1H3. The first kappa shape index (κ1) is 11.9. The second-order valence-electron chi connectivity index (χ2n) is 3.71. The molecule has 0 aliphatic rings. The number of rotatable bonds is 3. The Balaban J connectivity index is 2.14. The zero-order valence-electron chi connectivity index (χ0n) is 9.26. The number of anilines is 2. The fourth-order valence-corrected chi connectivity index (χ4v) is 2.32.